The van der Waals surface area contributed by atoms with Crippen molar-refractivity contribution >= 4 is 5.65 Å². The molecule has 6 nitrogen and oxygen atoms in total. The number of nitrogens with two attached hydrogens (primary N) is 1. The van der Waals surface area contributed by atoms with E-state index in [9.17, 15) is 0 Å². The van der Waals surface area contributed by atoms with Crippen LogP contribution >= 0.6 is 0 Å². The zero-order valence-corrected chi connectivity index (χ0v) is 9.48. The van der Waals surface area contributed by atoms with Gasteiger partial charge in [-0.2, -0.15) is 5.26 Å². The van der Waals surface area contributed by atoms with Crippen molar-refractivity contribution in [2.24, 2.45) is 5.73 Å². The molecular formula is C12H10N6. The molecule has 0 spiro atoms. The maximum Gasteiger partial charge on any atom is 0.218 e. The predicted molar refractivity (Wildman–Crippen MR) is 64.9 cm³/mol. The van der Waals surface area contributed by atoms with Gasteiger partial charge in [-0.1, -0.05) is 6.07 Å². The summed E-state index contributed by atoms with van der Waals surface area (Å²) in [6.45, 7) is 0.337. The van der Waals surface area contributed by atoms with Gasteiger partial charge >= 0.3 is 0 Å². The SMILES string of the molecule is N#Cc1nccn1-c1nc2ccccn2c1CN. The minimum absolute atomic E-state index is 0.299. The molecule has 88 valence electrons. The van der Waals surface area contributed by atoms with Crippen LogP contribution in [-0.4, -0.2) is 18.9 Å². The summed E-state index contributed by atoms with van der Waals surface area (Å²) in [5.74, 6) is 0.950. The van der Waals surface area contributed by atoms with E-state index in [2.05, 4.69) is 9.97 Å². The van der Waals surface area contributed by atoms with E-state index >= 15 is 0 Å². The fraction of sp³-hybridized carbons (Fsp3) is 0.0833. The van der Waals surface area contributed by atoms with Crippen LogP contribution in [0.1, 0.15) is 11.5 Å². The van der Waals surface area contributed by atoms with Gasteiger partial charge in [-0.15, -0.1) is 0 Å². The summed E-state index contributed by atoms with van der Waals surface area (Å²) in [5, 5.41) is 9.01. The molecule has 0 amide bonds. The average molecular weight is 238 g/mol. The quantitative estimate of drug-likeness (QED) is 0.717. The van der Waals surface area contributed by atoms with E-state index in [0.29, 0.717) is 18.2 Å². The number of hydrogen-bond donors (Lipinski definition) is 1. The fourth-order valence-electron chi connectivity index (χ4n) is 1.97. The van der Waals surface area contributed by atoms with Crippen molar-refractivity contribution in [3.05, 3.63) is 48.3 Å². The first-order chi connectivity index (χ1) is 8.85. The van der Waals surface area contributed by atoms with E-state index in [0.717, 1.165) is 11.3 Å². The minimum Gasteiger partial charge on any atom is -0.325 e. The molecule has 3 aromatic heterocycles. The van der Waals surface area contributed by atoms with Crippen molar-refractivity contribution in [1.29, 1.82) is 5.26 Å². The number of pyridine rings is 1. The lowest BCUT2D eigenvalue weighted by molar-refractivity contribution is 0.903. The molecule has 0 aromatic carbocycles. The van der Waals surface area contributed by atoms with Crippen LogP contribution in [0.15, 0.2) is 36.8 Å². The fourth-order valence-corrected chi connectivity index (χ4v) is 1.97. The van der Waals surface area contributed by atoms with Crippen molar-refractivity contribution in [3.8, 4) is 11.9 Å². The molecule has 0 fully saturated rings. The van der Waals surface area contributed by atoms with Gasteiger partial charge in [0.1, 0.15) is 11.7 Å². The summed E-state index contributed by atoms with van der Waals surface area (Å²) in [6.07, 6.45) is 5.18. The Hall–Kier alpha value is -2.65. The Morgan fingerprint density at radius 3 is 3.00 bits per heavy atom. The van der Waals surface area contributed by atoms with Crippen LogP contribution in [0.5, 0.6) is 0 Å². The number of fused-ring (bicyclic) bond motifs is 1. The highest BCUT2D eigenvalue weighted by molar-refractivity contribution is 5.49. The molecule has 18 heavy (non-hydrogen) atoms. The average Bonchev–Trinajstić information content (AvgIpc) is 3.01. The molecule has 0 radical (unpaired) electrons. The highest BCUT2D eigenvalue weighted by Gasteiger charge is 2.14. The van der Waals surface area contributed by atoms with Gasteiger partial charge in [0.05, 0.1) is 5.69 Å². The van der Waals surface area contributed by atoms with Crippen molar-refractivity contribution in [2.45, 2.75) is 6.54 Å². The van der Waals surface area contributed by atoms with Crippen LogP contribution in [0.2, 0.25) is 0 Å². The molecule has 6 heteroatoms. The Morgan fingerprint density at radius 2 is 2.22 bits per heavy atom. The third kappa shape index (κ3) is 1.38. The number of imidazole rings is 2. The second kappa shape index (κ2) is 3.98. The Bertz CT molecular complexity index is 745. The summed E-state index contributed by atoms with van der Waals surface area (Å²) in [5.41, 5.74) is 7.43. The van der Waals surface area contributed by atoms with E-state index < -0.39 is 0 Å². The van der Waals surface area contributed by atoms with Gasteiger partial charge in [0.25, 0.3) is 0 Å². The van der Waals surface area contributed by atoms with Gasteiger partial charge < -0.3 is 10.1 Å². The Morgan fingerprint density at radius 1 is 1.33 bits per heavy atom. The van der Waals surface area contributed by atoms with E-state index in [1.165, 1.54) is 0 Å². The lowest BCUT2D eigenvalue weighted by atomic mass is 10.4. The third-order valence-electron chi connectivity index (χ3n) is 2.77. The summed E-state index contributed by atoms with van der Waals surface area (Å²) >= 11 is 0. The highest BCUT2D eigenvalue weighted by Crippen LogP contribution is 2.17. The monoisotopic (exact) mass is 238 g/mol. The molecular weight excluding hydrogens is 228 g/mol. The number of rotatable bonds is 2. The lowest BCUT2D eigenvalue weighted by Gasteiger charge is -2.02. The minimum atomic E-state index is 0.299. The second-order valence-electron chi connectivity index (χ2n) is 3.75. The van der Waals surface area contributed by atoms with E-state index in [-0.39, 0.29) is 0 Å². The molecule has 3 aromatic rings. The van der Waals surface area contributed by atoms with Crippen molar-refractivity contribution in [2.75, 3.05) is 0 Å². The van der Waals surface area contributed by atoms with Crippen molar-refractivity contribution < 1.29 is 0 Å². The number of aromatic nitrogens is 4. The molecule has 2 N–H and O–H groups in total. The first kappa shape index (κ1) is 10.5. The highest BCUT2D eigenvalue weighted by atomic mass is 15.2. The first-order valence-corrected chi connectivity index (χ1v) is 5.45. The van der Waals surface area contributed by atoms with Crippen molar-refractivity contribution in [1.82, 2.24) is 18.9 Å². The summed E-state index contributed by atoms with van der Waals surface area (Å²) < 4.78 is 3.56. The Labute approximate surface area is 103 Å². The predicted octanol–water partition coefficient (Wildman–Crippen LogP) is 0.850. The van der Waals surface area contributed by atoms with E-state index in [1.54, 1.807) is 17.0 Å². The van der Waals surface area contributed by atoms with E-state index in [1.807, 2.05) is 34.9 Å². The number of nitriles is 1. The molecule has 0 bridgehead atoms. The Kier molecular flexibility index (Phi) is 2.32. The summed E-state index contributed by atoms with van der Waals surface area (Å²) in [4.78, 5) is 8.46. The molecule has 0 saturated heterocycles. The molecule has 0 aliphatic rings. The van der Waals surface area contributed by atoms with Gasteiger partial charge in [0, 0.05) is 25.1 Å². The van der Waals surface area contributed by atoms with Gasteiger partial charge in [0.2, 0.25) is 5.82 Å². The van der Waals surface area contributed by atoms with Gasteiger partial charge in [-0.3, -0.25) is 4.57 Å². The lowest BCUT2D eigenvalue weighted by Crippen LogP contribution is -2.07. The molecule has 0 aliphatic heterocycles. The second-order valence-corrected chi connectivity index (χ2v) is 3.75. The topological polar surface area (TPSA) is 84.9 Å². The first-order valence-electron chi connectivity index (χ1n) is 5.45. The normalized spacial score (nSPS) is 10.7. The maximum atomic E-state index is 9.01. The van der Waals surface area contributed by atoms with Crippen LogP contribution in [0, 0.1) is 11.3 Å². The van der Waals surface area contributed by atoms with Crippen molar-refractivity contribution in [3.63, 3.8) is 0 Å². The number of nitrogens with zero attached hydrogens (tertiary/aromatic N) is 5. The van der Waals surface area contributed by atoms with Crippen LogP contribution in [0.25, 0.3) is 11.5 Å². The number of hydrogen-bond acceptors (Lipinski definition) is 4. The molecule has 0 aliphatic carbocycles. The smallest absolute Gasteiger partial charge is 0.218 e. The third-order valence-corrected chi connectivity index (χ3v) is 2.77. The molecule has 0 saturated carbocycles. The largest absolute Gasteiger partial charge is 0.325 e. The zero-order chi connectivity index (χ0) is 12.5. The standard InChI is InChI=1S/C12H10N6/c13-7-9-12(18-6-4-15-11(18)8-14)16-10-3-1-2-5-17(9)10/h1-6H,7,13H2. The van der Waals surface area contributed by atoms with Crippen LogP contribution in [0.4, 0.5) is 0 Å². The van der Waals surface area contributed by atoms with Gasteiger partial charge in [0.15, 0.2) is 5.82 Å². The van der Waals surface area contributed by atoms with Crippen LogP contribution < -0.4 is 5.73 Å². The molecule has 0 unspecified atom stereocenters. The Balaban J connectivity index is 2.33. The molecule has 3 rings (SSSR count). The van der Waals surface area contributed by atoms with Crippen LogP contribution in [0.3, 0.4) is 0 Å². The zero-order valence-electron chi connectivity index (χ0n) is 9.48. The summed E-state index contributed by atoms with van der Waals surface area (Å²) in [7, 11) is 0. The van der Waals surface area contributed by atoms with Crippen LogP contribution in [-0.2, 0) is 6.54 Å². The van der Waals surface area contributed by atoms with Gasteiger partial charge in [-0.05, 0) is 12.1 Å². The maximum absolute atomic E-state index is 9.01. The van der Waals surface area contributed by atoms with E-state index in [4.69, 9.17) is 11.0 Å². The van der Waals surface area contributed by atoms with Gasteiger partial charge in [-0.25, -0.2) is 9.97 Å². The summed E-state index contributed by atoms with van der Waals surface area (Å²) in [6, 6.07) is 7.75. The molecule has 3 heterocycles. The molecule has 0 atom stereocenters.